The third-order valence-electron chi connectivity index (χ3n) is 4.09. The van der Waals surface area contributed by atoms with Gasteiger partial charge in [-0.25, -0.2) is 12.7 Å². The van der Waals surface area contributed by atoms with Gasteiger partial charge in [-0.3, -0.25) is 4.79 Å². The summed E-state index contributed by atoms with van der Waals surface area (Å²) in [7, 11) is -0.648. The van der Waals surface area contributed by atoms with Crippen LogP contribution in [0.4, 0.5) is 5.69 Å². The third-order valence-corrected chi connectivity index (χ3v) is 6.23. The van der Waals surface area contributed by atoms with E-state index < -0.39 is 10.0 Å². The standard InChI is InChI=1S/C16H24ClN3O3S/c1-19(2)24(22,23)13-6-7-14(17)15(12-13)18-16(21)8-11-20-9-4-3-5-10-20/h6-7,12H,3-5,8-11H2,1-2H3,(H,18,21). The summed E-state index contributed by atoms with van der Waals surface area (Å²) in [4.78, 5) is 14.5. The van der Waals surface area contributed by atoms with E-state index in [2.05, 4.69) is 10.2 Å². The first-order valence-electron chi connectivity index (χ1n) is 8.05. The lowest BCUT2D eigenvalue weighted by Gasteiger charge is -2.26. The van der Waals surface area contributed by atoms with Crippen molar-refractivity contribution in [3.63, 3.8) is 0 Å². The lowest BCUT2D eigenvalue weighted by molar-refractivity contribution is -0.116. The van der Waals surface area contributed by atoms with Gasteiger partial charge in [-0.15, -0.1) is 0 Å². The van der Waals surface area contributed by atoms with E-state index in [1.54, 1.807) is 0 Å². The molecule has 6 nitrogen and oxygen atoms in total. The maximum atomic E-state index is 12.2. The first-order chi connectivity index (χ1) is 11.3. The molecule has 0 unspecified atom stereocenters. The van der Waals surface area contributed by atoms with Crippen molar-refractivity contribution < 1.29 is 13.2 Å². The molecule has 8 heteroatoms. The largest absolute Gasteiger partial charge is 0.325 e. The van der Waals surface area contributed by atoms with E-state index in [4.69, 9.17) is 11.6 Å². The quantitative estimate of drug-likeness (QED) is 0.831. The molecule has 0 aliphatic carbocycles. The summed E-state index contributed by atoms with van der Waals surface area (Å²) in [5.41, 5.74) is 0.322. The molecule has 24 heavy (non-hydrogen) atoms. The van der Waals surface area contributed by atoms with Gasteiger partial charge in [0.1, 0.15) is 0 Å². The van der Waals surface area contributed by atoms with Gasteiger partial charge in [0.15, 0.2) is 0 Å². The van der Waals surface area contributed by atoms with E-state index in [9.17, 15) is 13.2 Å². The van der Waals surface area contributed by atoms with Crippen molar-refractivity contribution in [2.45, 2.75) is 30.6 Å². The van der Waals surface area contributed by atoms with E-state index in [0.717, 1.165) is 17.4 Å². The Morgan fingerprint density at radius 2 is 1.92 bits per heavy atom. The summed E-state index contributed by atoms with van der Waals surface area (Å²) in [5, 5.41) is 3.04. The van der Waals surface area contributed by atoms with Gasteiger partial charge in [-0.05, 0) is 44.1 Å². The van der Waals surface area contributed by atoms with E-state index in [1.807, 2.05) is 0 Å². The fourth-order valence-corrected chi connectivity index (χ4v) is 3.72. The van der Waals surface area contributed by atoms with Gasteiger partial charge in [-0.2, -0.15) is 0 Å². The molecular weight excluding hydrogens is 350 g/mol. The van der Waals surface area contributed by atoms with E-state index in [1.165, 1.54) is 51.6 Å². The number of nitrogens with zero attached hydrogens (tertiary/aromatic N) is 2. The van der Waals surface area contributed by atoms with Gasteiger partial charge in [0, 0.05) is 27.1 Å². The van der Waals surface area contributed by atoms with Crippen LogP contribution in [0.5, 0.6) is 0 Å². The number of sulfonamides is 1. The lowest BCUT2D eigenvalue weighted by atomic mass is 10.1. The summed E-state index contributed by atoms with van der Waals surface area (Å²) in [6, 6.07) is 4.32. The van der Waals surface area contributed by atoms with Gasteiger partial charge >= 0.3 is 0 Å². The number of hydrogen-bond donors (Lipinski definition) is 1. The van der Waals surface area contributed by atoms with E-state index >= 15 is 0 Å². The van der Waals surface area contributed by atoms with Crippen LogP contribution in [-0.4, -0.2) is 57.3 Å². The Morgan fingerprint density at radius 1 is 1.25 bits per heavy atom. The molecular formula is C16H24ClN3O3S. The number of likely N-dealkylation sites (tertiary alicyclic amines) is 1. The molecule has 1 fully saturated rings. The summed E-state index contributed by atoms with van der Waals surface area (Å²) in [5.74, 6) is -0.165. The number of carbonyl (C=O) groups excluding carboxylic acids is 1. The molecule has 1 saturated heterocycles. The SMILES string of the molecule is CN(C)S(=O)(=O)c1ccc(Cl)c(NC(=O)CCN2CCCCC2)c1. The molecule has 0 aromatic heterocycles. The molecule has 0 atom stereocenters. The lowest BCUT2D eigenvalue weighted by Crippen LogP contribution is -2.32. The molecule has 134 valence electrons. The van der Waals surface area contributed by atoms with Crippen LogP contribution >= 0.6 is 11.6 Å². The number of amides is 1. The van der Waals surface area contributed by atoms with Gasteiger partial charge in [0.05, 0.1) is 15.6 Å². The highest BCUT2D eigenvalue weighted by molar-refractivity contribution is 7.89. The molecule has 1 aromatic carbocycles. The number of benzene rings is 1. The van der Waals surface area contributed by atoms with Crippen LogP contribution < -0.4 is 5.32 Å². The van der Waals surface area contributed by atoms with Crippen molar-refractivity contribution in [1.29, 1.82) is 0 Å². The molecule has 2 rings (SSSR count). The second kappa shape index (κ2) is 8.29. The maximum Gasteiger partial charge on any atom is 0.242 e. The minimum Gasteiger partial charge on any atom is -0.325 e. The smallest absolute Gasteiger partial charge is 0.242 e. The van der Waals surface area contributed by atoms with Gasteiger partial charge in [-0.1, -0.05) is 18.0 Å². The zero-order valence-electron chi connectivity index (χ0n) is 14.1. The van der Waals surface area contributed by atoms with Crippen molar-refractivity contribution in [2.24, 2.45) is 0 Å². The molecule has 0 bridgehead atoms. The number of halogens is 1. The van der Waals surface area contributed by atoms with Gasteiger partial charge in [0.25, 0.3) is 0 Å². The van der Waals surface area contributed by atoms with Crippen LogP contribution in [0.15, 0.2) is 23.1 Å². The third kappa shape index (κ3) is 4.92. The monoisotopic (exact) mass is 373 g/mol. The molecule has 1 amide bonds. The molecule has 1 aliphatic rings. The first kappa shape index (κ1) is 19.2. The highest BCUT2D eigenvalue weighted by Crippen LogP contribution is 2.26. The summed E-state index contributed by atoms with van der Waals surface area (Å²) in [6.45, 7) is 2.77. The van der Waals surface area contributed by atoms with Crippen molar-refractivity contribution in [3.05, 3.63) is 23.2 Å². The minimum atomic E-state index is -3.57. The molecule has 1 aromatic rings. The Bertz CT molecular complexity index is 686. The minimum absolute atomic E-state index is 0.100. The summed E-state index contributed by atoms with van der Waals surface area (Å²) < 4.78 is 25.5. The van der Waals surface area contributed by atoms with Gasteiger partial charge < -0.3 is 10.2 Å². The number of anilines is 1. The average Bonchev–Trinajstić information content (AvgIpc) is 2.55. The number of carbonyl (C=O) groups is 1. The average molecular weight is 374 g/mol. The van der Waals surface area contributed by atoms with Gasteiger partial charge in [0.2, 0.25) is 15.9 Å². The van der Waals surface area contributed by atoms with Crippen molar-refractivity contribution in [1.82, 2.24) is 9.21 Å². The van der Waals surface area contributed by atoms with Crippen LogP contribution in [0.25, 0.3) is 0 Å². The molecule has 1 aliphatic heterocycles. The van der Waals surface area contributed by atoms with E-state index in [-0.39, 0.29) is 10.8 Å². The van der Waals surface area contributed by atoms with Crippen LogP contribution in [0.1, 0.15) is 25.7 Å². The predicted octanol–water partition coefficient (Wildman–Crippen LogP) is 2.40. The molecule has 1 heterocycles. The van der Waals surface area contributed by atoms with Crippen LogP contribution in [0.2, 0.25) is 5.02 Å². The number of nitrogens with one attached hydrogen (secondary N) is 1. The Morgan fingerprint density at radius 3 is 2.54 bits per heavy atom. The fourth-order valence-electron chi connectivity index (χ4n) is 2.63. The predicted molar refractivity (Wildman–Crippen MR) is 95.9 cm³/mol. The summed E-state index contributed by atoms with van der Waals surface area (Å²) >= 11 is 6.09. The van der Waals surface area contributed by atoms with Crippen molar-refractivity contribution in [3.8, 4) is 0 Å². The number of hydrogen-bond acceptors (Lipinski definition) is 4. The maximum absolute atomic E-state index is 12.2. The fraction of sp³-hybridized carbons (Fsp3) is 0.562. The van der Waals surface area contributed by atoms with Crippen molar-refractivity contribution >= 4 is 33.2 Å². The molecule has 1 N–H and O–H groups in total. The van der Waals surface area contributed by atoms with Crippen LogP contribution in [-0.2, 0) is 14.8 Å². The van der Waals surface area contributed by atoms with E-state index in [0.29, 0.717) is 23.7 Å². The Balaban J connectivity index is 2.01. The molecule has 0 spiro atoms. The zero-order valence-corrected chi connectivity index (χ0v) is 15.7. The zero-order chi connectivity index (χ0) is 17.7. The van der Waals surface area contributed by atoms with Crippen LogP contribution in [0, 0.1) is 0 Å². The second-order valence-corrected chi connectivity index (χ2v) is 8.69. The Hall–Kier alpha value is -1.15. The molecule has 0 radical (unpaired) electrons. The van der Waals surface area contributed by atoms with Crippen molar-refractivity contribution in [2.75, 3.05) is 39.0 Å². The normalized spacial score (nSPS) is 16.3. The topological polar surface area (TPSA) is 69.7 Å². The summed E-state index contributed by atoms with van der Waals surface area (Å²) in [6.07, 6.45) is 3.97. The van der Waals surface area contributed by atoms with Crippen LogP contribution in [0.3, 0.4) is 0 Å². The highest BCUT2D eigenvalue weighted by atomic mass is 35.5. The highest BCUT2D eigenvalue weighted by Gasteiger charge is 2.19. The Labute approximate surface area is 148 Å². The second-order valence-electron chi connectivity index (χ2n) is 6.13. The number of piperidine rings is 1. The Kier molecular flexibility index (Phi) is 6.62. The first-order valence-corrected chi connectivity index (χ1v) is 9.87. The number of rotatable bonds is 6. The molecule has 0 saturated carbocycles.